The van der Waals surface area contributed by atoms with Crippen LogP contribution in [0.1, 0.15) is 12.8 Å². The van der Waals surface area contributed by atoms with E-state index in [2.05, 4.69) is 34.3 Å². The summed E-state index contributed by atoms with van der Waals surface area (Å²) < 4.78 is 0. The minimum Gasteiger partial charge on any atom is -0.339 e. The molecule has 5 heteroatoms. The van der Waals surface area contributed by atoms with Gasteiger partial charge >= 0.3 is 0 Å². The quantitative estimate of drug-likeness (QED) is 0.264. The smallest absolute Gasteiger partial charge is 0.208 e. The first-order valence-corrected chi connectivity index (χ1v) is 5.16. The second-order valence-corrected chi connectivity index (χ2v) is 4.35. The van der Waals surface area contributed by atoms with Crippen LogP contribution in [0, 0.1) is 0 Å². The van der Waals surface area contributed by atoms with Gasteiger partial charge in [-0.2, -0.15) is 0 Å². The van der Waals surface area contributed by atoms with Gasteiger partial charge < -0.3 is 9.80 Å². The molecule has 5 nitrogen and oxygen atoms in total. The fraction of sp³-hybridized carbons (Fsp3) is 0.889. The summed E-state index contributed by atoms with van der Waals surface area (Å²) in [5.74, 6) is 6.31. The second kappa shape index (κ2) is 3.74. The lowest BCUT2D eigenvalue weighted by Gasteiger charge is -2.44. The Labute approximate surface area is 84.9 Å². The molecule has 0 amide bonds. The van der Waals surface area contributed by atoms with Crippen LogP contribution >= 0.6 is 0 Å². The van der Waals surface area contributed by atoms with E-state index in [9.17, 15) is 0 Å². The molecule has 1 heterocycles. The molecular weight excluding hydrogens is 178 g/mol. The number of likely N-dealkylation sites (N-methyl/N-ethyl adjacent to an activating group) is 1. The highest BCUT2D eigenvalue weighted by molar-refractivity contribution is 5.80. The number of nitrogens with one attached hydrogen (secondary N) is 1. The first-order chi connectivity index (χ1) is 6.70. The van der Waals surface area contributed by atoms with Crippen molar-refractivity contribution in [2.45, 2.75) is 24.9 Å². The predicted octanol–water partition coefficient (Wildman–Crippen LogP) is -0.786. The van der Waals surface area contributed by atoms with Crippen molar-refractivity contribution in [3.63, 3.8) is 0 Å². The van der Waals surface area contributed by atoms with Crippen molar-refractivity contribution in [1.29, 1.82) is 0 Å². The van der Waals surface area contributed by atoms with E-state index in [-0.39, 0.29) is 0 Å². The van der Waals surface area contributed by atoms with Gasteiger partial charge in [0.2, 0.25) is 5.96 Å². The third-order valence-corrected chi connectivity index (χ3v) is 2.87. The number of rotatable bonds is 2. The summed E-state index contributed by atoms with van der Waals surface area (Å²) in [5.41, 5.74) is 2.69. The van der Waals surface area contributed by atoms with Crippen molar-refractivity contribution in [1.82, 2.24) is 15.2 Å². The largest absolute Gasteiger partial charge is 0.339 e. The van der Waals surface area contributed by atoms with Crippen molar-refractivity contribution in [3.05, 3.63) is 0 Å². The van der Waals surface area contributed by atoms with Gasteiger partial charge in [-0.05, 0) is 26.9 Å². The van der Waals surface area contributed by atoms with Gasteiger partial charge in [-0.3, -0.25) is 5.43 Å². The Bertz CT molecular complexity index is 227. The van der Waals surface area contributed by atoms with Gasteiger partial charge in [0.1, 0.15) is 0 Å². The fourth-order valence-electron chi connectivity index (χ4n) is 1.54. The molecule has 2 aliphatic rings. The summed E-state index contributed by atoms with van der Waals surface area (Å²) in [7, 11) is 4.21. The lowest BCUT2D eigenvalue weighted by atomic mass is 10.1. The molecule has 0 bridgehead atoms. The van der Waals surface area contributed by atoms with Crippen LogP contribution in [0.3, 0.4) is 0 Å². The maximum Gasteiger partial charge on any atom is 0.208 e. The van der Waals surface area contributed by atoms with Gasteiger partial charge in [0.25, 0.3) is 0 Å². The molecule has 1 saturated carbocycles. The molecule has 0 aromatic heterocycles. The average Bonchev–Trinajstić information content (AvgIpc) is 2.82. The normalized spacial score (nSPS) is 24.0. The molecular formula is C9H19N5. The van der Waals surface area contributed by atoms with Gasteiger partial charge in [-0.1, -0.05) is 0 Å². The van der Waals surface area contributed by atoms with E-state index >= 15 is 0 Å². The zero-order valence-electron chi connectivity index (χ0n) is 8.90. The van der Waals surface area contributed by atoms with E-state index in [0.717, 1.165) is 19.0 Å². The molecule has 0 aromatic carbocycles. The molecule has 0 radical (unpaired) electrons. The summed E-state index contributed by atoms with van der Waals surface area (Å²) in [5, 5.41) is 0. The molecule has 2 rings (SSSR count). The number of hydrogen-bond donors (Lipinski definition) is 2. The Morgan fingerprint density at radius 2 is 2.07 bits per heavy atom. The summed E-state index contributed by atoms with van der Waals surface area (Å²) in [6, 6.07) is 1.17. The zero-order valence-corrected chi connectivity index (χ0v) is 8.90. The number of likely N-dealkylation sites (tertiary alicyclic amines) is 1. The van der Waals surface area contributed by atoms with Gasteiger partial charge in [-0.25, -0.2) is 10.8 Å². The second-order valence-electron chi connectivity index (χ2n) is 4.35. The lowest BCUT2D eigenvalue weighted by molar-refractivity contribution is 0.120. The number of hydrogen-bond acceptors (Lipinski definition) is 3. The molecule has 0 spiro atoms. The number of nitrogens with zero attached hydrogens (tertiary/aromatic N) is 3. The average molecular weight is 197 g/mol. The van der Waals surface area contributed by atoms with Crippen LogP contribution in [0.2, 0.25) is 0 Å². The number of nitrogens with two attached hydrogens (primary N) is 1. The fourth-order valence-corrected chi connectivity index (χ4v) is 1.54. The molecule has 1 saturated heterocycles. The number of hydrazine groups is 1. The third-order valence-electron chi connectivity index (χ3n) is 2.87. The monoisotopic (exact) mass is 197 g/mol. The molecule has 1 aliphatic carbocycles. The van der Waals surface area contributed by atoms with Crippen LogP contribution in [-0.2, 0) is 0 Å². The lowest BCUT2D eigenvalue weighted by Crippen LogP contribution is -2.62. The molecule has 0 aromatic rings. The summed E-state index contributed by atoms with van der Waals surface area (Å²) in [4.78, 5) is 8.95. The van der Waals surface area contributed by atoms with Crippen LogP contribution in [-0.4, -0.2) is 55.0 Å². The SMILES string of the molecule is CN(C)C1CN(C(=NC2CC2)NN)C1. The van der Waals surface area contributed by atoms with Crippen molar-refractivity contribution in [3.8, 4) is 0 Å². The standard InChI is InChI=1S/C9H19N5/c1-13(2)8-5-14(6-8)9(12-10)11-7-3-4-7/h7-8H,3-6,10H2,1-2H3,(H,11,12). The Morgan fingerprint density at radius 1 is 1.43 bits per heavy atom. The van der Waals surface area contributed by atoms with Gasteiger partial charge in [0.05, 0.1) is 6.04 Å². The minimum atomic E-state index is 0.527. The van der Waals surface area contributed by atoms with Crippen LogP contribution in [0.25, 0.3) is 0 Å². The third kappa shape index (κ3) is 1.99. The van der Waals surface area contributed by atoms with Crippen molar-refractivity contribution >= 4 is 5.96 Å². The van der Waals surface area contributed by atoms with Gasteiger partial charge in [-0.15, -0.1) is 0 Å². The highest BCUT2D eigenvalue weighted by Gasteiger charge is 2.32. The van der Waals surface area contributed by atoms with Crippen molar-refractivity contribution < 1.29 is 0 Å². The van der Waals surface area contributed by atoms with Crippen LogP contribution in [0.15, 0.2) is 4.99 Å². The molecule has 14 heavy (non-hydrogen) atoms. The van der Waals surface area contributed by atoms with Gasteiger partial charge in [0, 0.05) is 19.1 Å². The minimum absolute atomic E-state index is 0.527. The summed E-state index contributed by atoms with van der Waals surface area (Å²) in [6.45, 7) is 2.06. The molecule has 0 unspecified atom stereocenters. The maximum absolute atomic E-state index is 5.44. The van der Waals surface area contributed by atoms with Crippen molar-refractivity contribution in [2.75, 3.05) is 27.2 Å². The Balaban J connectivity index is 1.83. The van der Waals surface area contributed by atoms with E-state index in [4.69, 9.17) is 5.84 Å². The van der Waals surface area contributed by atoms with E-state index in [0.29, 0.717) is 12.1 Å². The van der Waals surface area contributed by atoms with Crippen LogP contribution in [0.4, 0.5) is 0 Å². The zero-order chi connectivity index (χ0) is 10.1. The van der Waals surface area contributed by atoms with Crippen LogP contribution < -0.4 is 11.3 Å². The molecule has 80 valence electrons. The Hall–Kier alpha value is -0.810. The van der Waals surface area contributed by atoms with E-state index < -0.39 is 0 Å². The molecule has 0 atom stereocenters. The molecule has 3 N–H and O–H groups in total. The van der Waals surface area contributed by atoms with E-state index in [1.807, 2.05) is 0 Å². The molecule has 1 aliphatic heterocycles. The van der Waals surface area contributed by atoms with Crippen molar-refractivity contribution in [2.24, 2.45) is 10.8 Å². The number of aliphatic imine (C=N–C) groups is 1. The summed E-state index contributed by atoms with van der Waals surface area (Å²) in [6.07, 6.45) is 2.44. The van der Waals surface area contributed by atoms with E-state index in [1.54, 1.807) is 0 Å². The number of guanidine groups is 1. The topological polar surface area (TPSA) is 56.9 Å². The van der Waals surface area contributed by atoms with Crippen LogP contribution in [0.5, 0.6) is 0 Å². The highest BCUT2D eigenvalue weighted by atomic mass is 15.4. The summed E-state index contributed by atoms with van der Waals surface area (Å²) >= 11 is 0. The first-order valence-electron chi connectivity index (χ1n) is 5.16. The van der Waals surface area contributed by atoms with E-state index in [1.165, 1.54) is 12.8 Å². The highest BCUT2D eigenvalue weighted by Crippen LogP contribution is 2.24. The molecule has 2 fully saturated rings. The predicted molar refractivity (Wildman–Crippen MR) is 56.8 cm³/mol. The van der Waals surface area contributed by atoms with Gasteiger partial charge in [0.15, 0.2) is 0 Å². The Morgan fingerprint density at radius 3 is 2.50 bits per heavy atom. The Kier molecular flexibility index (Phi) is 2.60. The first kappa shape index (κ1) is 9.73. The maximum atomic E-state index is 5.44.